The zero-order valence-corrected chi connectivity index (χ0v) is 14.2. The van der Waals surface area contributed by atoms with Crippen LogP contribution < -0.4 is 5.56 Å². The van der Waals surface area contributed by atoms with Crippen LogP contribution in [0.1, 0.15) is 12.6 Å². The van der Waals surface area contributed by atoms with Gasteiger partial charge in [-0.1, -0.05) is 17.8 Å². The lowest BCUT2D eigenvalue weighted by Gasteiger charge is -2.09. The van der Waals surface area contributed by atoms with Gasteiger partial charge in [0, 0.05) is 31.7 Å². The number of hydrogen-bond acceptors (Lipinski definition) is 5. The molecule has 0 unspecified atom stereocenters. The Labute approximate surface area is 142 Å². The minimum Gasteiger partial charge on any atom is -0.307 e. The summed E-state index contributed by atoms with van der Waals surface area (Å²) in [5, 5.41) is 4.83. The first-order valence-electron chi connectivity index (χ1n) is 7.65. The third-order valence-electron chi connectivity index (χ3n) is 3.89. The van der Waals surface area contributed by atoms with E-state index in [0.29, 0.717) is 28.5 Å². The lowest BCUT2D eigenvalue weighted by atomic mass is 10.4. The number of aromatic nitrogens is 6. The molecule has 0 bridgehead atoms. The third kappa shape index (κ3) is 2.39. The first kappa shape index (κ1) is 14.9. The normalized spacial score (nSPS) is 11.6. The fourth-order valence-corrected chi connectivity index (χ4v) is 3.66. The molecule has 7 nitrogen and oxygen atoms in total. The quantitative estimate of drug-likeness (QED) is 0.420. The number of hydrogen-bond donors (Lipinski definition) is 0. The van der Waals surface area contributed by atoms with E-state index in [1.54, 1.807) is 22.5 Å². The van der Waals surface area contributed by atoms with Crippen LogP contribution in [0.15, 0.2) is 46.7 Å². The van der Waals surface area contributed by atoms with Gasteiger partial charge < -0.3 is 4.40 Å². The molecule has 0 spiro atoms. The van der Waals surface area contributed by atoms with Crippen molar-refractivity contribution in [3.63, 3.8) is 0 Å². The van der Waals surface area contributed by atoms with Crippen LogP contribution in [-0.4, -0.2) is 28.7 Å². The van der Waals surface area contributed by atoms with Gasteiger partial charge in [-0.05, 0) is 19.1 Å². The zero-order chi connectivity index (χ0) is 16.7. The summed E-state index contributed by atoms with van der Waals surface area (Å²) in [5.41, 5.74) is 2.98. The molecule has 0 saturated carbocycles. The van der Waals surface area contributed by atoms with E-state index in [2.05, 4.69) is 15.1 Å². The highest BCUT2D eigenvalue weighted by Gasteiger charge is 2.14. The Bertz CT molecular complexity index is 1060. The van der Waals surface area contributed by atoms with Crippen molar-refractivity contribution in [2.24, 2.45) is 7.05 Å². The van der Waals surface area contributed by atoms with E-state index in [1.807, 2.05) is 41.9 Å². The van der Waals surface area contributed by atoms with Crippen molar-refractivity contribution in [1.82, 2.24) is 28.7 Å². The molecular formula is C16H16N6OS. The van der Waals surface area contributed by atoms with E-state index in [0.717, 1.165) is 11.3 Å². The Hall–Kier alpha value is -2.61. The van der Waals surface area contributed by atoms with E-state index in [4.69, 9.17) is 0 Å². The van der Waals surface area contributed by atoms with Crippen LogP contribution in [0.2, 0.25) is 0 Å². The first-order chi connectivity index (χ1) is 11.7. The molecule has 0 atom stereocenters. The Kier molecular flexibility index (Phi) is 3.61. The Morgan fingerprint density at radius 2 is 2.12 bits per heavy atom. The molecule has 4 aromatic heterocycles. The smallest absolute Gasteiger partial charge is 0.280 e. The molecule has 4 heterocycles. The lowest BCUT2D eigenvalue weighted by Crippen LogP contribution is -2.23. The topological polar surface area (TPSA) is 70.0 Å². The molecule has 0 radical (unpaired) electrons. The van der Waals surface area contributed by atoms with Gasteiger partial charge in [0.25, 0.3) is 5.56 Å². The second kappa shape index (κ2) is 5.79. The predicted molar refractivity (Wildman–Crippen MR) is 93.2 cm³/mol. The van der Waals surface area contributed by atoms with E-state index < -0.39 is 0 Å². The fraction of sp³-hybridized carbons (Fsp3) is 0.250. The molecule has 24 heavy (non-hydrogen) atoms. The van der Waals surface area contributed by atoms with Crippen LogP contribution in [0.3, 0.4) is 0 Å². The van der Waals surface area contributed by atoms with Gasteiger partial charge in [-0.15, -0.1) is 0 Å². The van der Waals surface area contributed by atoms with E-state index in [9.17, 15) is 4.79 Å². The molecule has 4 rings (SSSR count). The Morgan fingerprint density at radius 3 is 2.92 bits per heavy atom. The minimum absolute atomic E-state index is 0.0556. The highest BCUT2D eigenvalue weighted by Crippen LogP contribution is 2.22. The summed E-state index contributed by atoms with van der Waals surface area (Å²) in [6.45, 7) is 2.51. The van der Waals surface area contributed by atoms with Gasteiger partial charge in [-0.25, -0.2) is 9.97 Å². The summed E-state index contributed by atoms with van der Waals surface area (Å²) in [6.07, 6.45) is 5.60. The average Bonchev–Trinajstić information content (AvgIpc) is 3.16. The monoisotopic (exact) mass is 340 g/mol. The van der Waals surface area contributed by atoms with Gasteiger partial charge >= 0.3 is 0 Å². The van der Waals surface area contributed by atoms with Crippen LogP contribution in [0.5, 0.6) is 0 Å². The number of aryl methyl sites for hydroxylation is 1. The van der Waals surface area contributed by atoms with Crippen molar-refractivity contribution in [2.75, 3.05) is 0 Å². The molecule has 4 aromatic rings. The van der Waals surface area contributed by atoms with Crippen molar-refractivity contribution in [1.29, 1.82) is 0 Å². The zero-order valence-electron chi connectivity index (χ0n) is 13.4. The van der Waals surface area contributed by atoms with Crippen molar-refractivity contribution < 1.29 is 0 Å². The molecule has 0 aromatic carbocycles. The lowest BCUT2D eigenvalue weighted by molar-refractivity contribution is 0.629. The predicted octanol–water partition coefficient (Wildman–Crippen LogP) is 2.09. The van der Waals surface area contributed by atoms with E-state index in [1.165, 1.54) is 11.8 Å². The van der Waals surface area contributed by atoms with Crippen LogP contribution in [-0.2, 0) is 19.3 Å². The highest BCUT2D eigenvalue weighted by molar-refractivity contribution is 7.98. The highest BCUT2D eigenvalue weighted by atomic mass is 32.2. The summed E-state index contributed by atoms with van der Waals surface area (Å²) in [4.78, 5) is 21.8. The maximum atomic E-state index is 12.6. The summed E-state index contributed by atoms with van der Waals surface area (Å²) < 4.78 is 5.25. The molecule has 0 aliphatic heterocycles. The van der Waals surface area contributed by atoms with Gasteiger partial charge in [0.2, 0.25) is 0 Å². The van der Waals surface area contributed by atoms with Crippen LogP contribution in [0.25, 0.3) is 16.7 Å². The maximum Gasteiger partial charge on any atom is 0.280 e. The number of rotatable bonds is 4. The average molecular weight is 340 g/mol. The number of pyridine rings is 1. The molecule has 0 aliphatic carbocycles. The van der Waals surface area contributed by atoms with Crippen LogP contribution in [0, 0.1) is 0 Å². The molecular weight excluding hydrogens is 324 g/mol. The maximum absolute atomic E-state index is 12.6. The molecule has 122 valence electrons. The summed E-state index contributed by atoms with van der Waals surface area (Å²) in [7, 11) is 1.76. The largest absolute Gasteiger partial charge is 0.307 e. The third-order valence-corrected chi connectivity index (χ3v) is 4.90. The number of fused-ring (bicyclic) bond motifs is 2. The second-order valence-electron chi connectivity index (χ2n) is 5.43. The minimum atomic E-state index is -0.0556. The Morgan fingerprint density at radius 1 is 1.25 bits per heavy atom. The standard InChI is InChI=1S/C16H16N6OS/c1-3-22-15(23)14-12(8-17-20(14)2)19-16(22)24-10-11-9-21-7-5-4-6-13(21)18-11/h4-9H,3,10H2,1-2H3. The van der Waals surface area contributed by atoms with Crippen LogP contribution >= 0.6 is 11.8 Å². The molecule has 0 N–H and O–H groups in total. The van der Waals surface area contributed by atoms with E-state index >= 15 is 0 Å². The van der Waals surface area contributed by atoms with Gasteiger partial charge in [0.1, 0.15) is 11.2 Å². The SMILES string of the molecule is CCn1c(SCc2cn3ccccc3n2)nc2cnn(C)c2c1=O. The van der Waals surface area contributed by atoms with Crippen molar-refractivity contribution in [3.8, 4) is 0 Å². The molecule has 8 heteroatoms. The number of thioether (sulfide) groups is 1. The summed E-state index contributed by atoms with van der Waals surface area (Å²) in [6, 6.07) is 5.90. The first-order valence-corrected chi connectivity index (χ1v) is 8.64. The Balaban J connectivity index is 1.69. The second-order valence-corrected chi connectivity index (χ2v) is 6.38. The number of imidazole rings is 1. The summed E-state index contributed by atoms with van der Waals surface area (Å²) >= 11 is 1.52. The van der Waals surface area contributed by atoms with Gasteiger partial charge in [-0.2, -0.15) is 5.10 Å². The van der Waals surface area contributed by atoms with Crippen molar-refractivity contribution in [3.05, 3.63) is 52.8 Å². The van der Waals surface area contributed by atoms with Crippen molar-refractivity contribution in [2.45, 2.75) is 24.4 Å². The molecule has 0 amide bonds. The summed E-state index contributed by atoms with van der Waals surface area (Å²) in [5.74, 6) is 0.653. The molecule has 0 saturated heterocycles. The van der Waals surface area contributed by atoms with Gasteiger partial charge in [-0.3, -0.25) is 14.0 Å². The fourth-order valence-electron chi connectivity index (χ4n) is 2.72. The molecule has 0 aliphatic rings. The van der Waals surface area contributed by atoms with Crippen LogP contribution in [0.4, 0.5) is 0 Å². The number of nitrogens with zero attached hydrogens (tertiary/aromatic N) is 6. The molecule has 0 fully saturated rings. The van der Waals surface area contributed by atoms with E-state index in [-0.39, 0.29) is 5.56 Å². The van der Waals surface area contributed by atoms with Crippen molar-refractivity contribution >= 4 is 28.4 Å². The van der Waals surface area contributed by atoms with Gasteiger partial charge in [0.05, 0.1) is 11.9 Å². The van der Waals surface area contributed by atoms with Gasteiger partial charge in [0.15, 0.2) is 10.7 Å².